The number of amides is 1. The molecule has 0 unspecified atom stereocenters. The molecule has 1 heterocycles. The van der Waals surface area contributed by atoms with Crippen LogP contribution in [0.15, 0.2) is 48.7 Å². The predicted octanol–water partition coefficient (Wildman–Crippen LogP) is 5.09. The second-order valence-corrected chi connectivity index (χ2v) is 5.30. The summed E-state index contributed by atoms with van der Waals surface area (Å²) in [7, 11) is 0. The van der Waals surface area contributed by atoms with Crippen LogP contribution in [0.25, 0.3) is 10.9 Å². The maximum Gasteiger partial charge on any atom is 0.417 e. The number of anilines is 1. The SMILES string of the molecule is O=C(Nc1ccc(Cl)c(C(F)(F)F)c1)c1c[nH]c2ccccc12. The molecule has 0 fully saturated rings. The number of halogens is 4. The molecule has 0 saturated heterocycles. The van der Waals surface area contributed by atoms with Gasteiger partial charge in [0.25, 0.3) is 5.91 Å². The predicted molar refractivity (Wildman–Crippen MR) is 82.7 cm³/mol. The zero-order valence-electron chi connectivity index (χ0n) is 11.5. The van der Waals surface area contributed by atoms with Crippen molar-refractivity contribution < 1.29 is 18.0 Å². The van der Waals surface area contributed by atoms with Gasteiger partial charge in [-0.15, -0.1) is 0 Å². The highest BCUT2D eigenvalue weighted by Gasteiger charge is 2.33. The average Bonchev–Trinajstić information content (AvgIpc) is 2.92. The average molecular weight is 339 g/mol. The third kappa shape index (κ3) is 3.03. The lowest BCUT2D eigenvalue weighted by Gasteiger charge is -2.11. The Balaban J connectivity index is 1.92. The molecule has 0 aliphatic rings. The van der Waals surface area contributed by atoms with Gasteiger partial charge in [0.15, 0.2) is 0 Å². The van der Waals surface area contributed by atoms with Crippen molar-refractivity contribution in [2.45, 2.75) is 6.18 Å². The van der Waals surface area contributed by atoms with Crippen molar-refractivity contribution in [2.24, 2.45) is 0 Å². The highest BCUT2D eigenvalue weighted by Crippen LogP contribution is 2.36. The number of nitrogens with one attached hydrogen (secondary N) is 2. The highest BCUT2D eigenvalue weighted by molar-refractivity contribution is 6.31. The second kappa shape index (κ2) is 5.62. The van der Waals surface area contributed by atoms with E-state index in [2.05, 4.69) is 10.3 Å². The Bertz CT molecular complexity index is 886. The number of fused-ring (bicyclic) bond motifs is 1. The van der Waals surface area contributed by atoms with Crippen molar-refractivity contribution in [1.29, 1.82) is 0 Å². The number of aromatic nitrogens is 1. The van der Waals surface area contributed by atoms with Crippen molar-refractivity contribution in [3.05, 3.63) is 64.8 Å². The van der Waals surface area contributed by atoms with Gasteiger partial charge in [-0.25, -0.2) is 0 Å². The first-order valence-corrected chi connectivity index (χ1v) is 6.98. The lowest BCUT2D eigenvalue weighted by Crippen LogP contribution is -2.13. The Kier molecular flexibility index (Phi) is 3.77. The summed E-state index contributed by atoms with van der Waals surface area (Å²) in [4.78, 5) is 15.2. The molecule has 0 bridgehead atoms. The summed E-state index contributed by atoms with van der Waals surface area (Å²) in [5, 5.41) is 2.73. The van der Waals surface area contributed by atoms with E-state index in [0.29, 0.717) is 10.9 Å². The van der Waals surface area contributed by atoms with Crippen LogP contribution in [0.4, 0.5) is 18.9 Å². The van der Waals surface area contributed by atoms with E-state index in [1.165, 1.54) is 12.3 Å². The number of alkyl halides is 3. The molecule has 0 aliphatic heterocycles. The molecule has 23 heavy (non-hydrogen) atoms. The van der Waals surface area contributed by atoms with E-state index in [1.54, 1.807) is 18.2 Å². The first-order valence-electron chi connectivity index (χ1n) is 6.60. The molecule has 7 heteroatoms. The molecule has 3 nitrogen and oxygen atoms in total. The smallest absolute Gasteiger partial charge is 0.360 e. The fraction of sp³-hybridized carbons (Fsp3) is 0.0625. The van der Waals surface area contributed by atoms with Gasteiger partial charge in [0.2, 0.25) is 0 Å². The van der Waals surface area contributed by atoms with Crippen LogP contribution in [0.2, 0.25) is 5.02 Å². The van der Waals surface area contributed by atoms with Crippen molar-refractivity contribution in [2.75, 3.05) is 5.32 Å². The molecule has 0 saturated carbocycles. The van der Waals surface area contributed by atoms with Gasteiger partial charge >= 0.3 is 6.18 Å². The molecule has 118 valence electrons. The van der Waals surface area contributed by atoms with Crippen LogP contribution in [0, 0.1) is 0 Å². The Morgan fingerprint density at radius 1 is 1.13 bits per heavy atom. The summed E-state index contributed by atoms with van der Waals surface area (Å²) in [5.74, 6) is -0.502. The number of hydrogen-bond donors (Lipinski definition) is 2. The van der Waals surface area contributed by atoms with Gasteiger partial charge in [0.05, 0.1) is 16.1 Å². The molecule has 1 amide bonds. The minimum atomic E-state index is -4.58. The topological polar surface area (TPSA) is 44.9 Å². The maximum absolute atomic E-state index is 12.8. The lowest BCUT2D eigenvalue weighted by molar-refractivity contribution is -0.137. The van der Waals surface area contributed by atoms with Crippen LogP contribution in [-0.2, 0) is 6.18 Å². The van der Waals surface area contributed by atoms with Crippen LogP contribution < -0.4 is 5.32 Å². The quantitative estimate of drug-likeness (QED) is 0.671. The summed E-state index contributed by atoms with van der Waals surface area (Å²) in [6.45, 7) is 0. The second-order valence-electron chi connectivity index (χ2n) is 4.89. The molecule has 2 aromatic carbocycles. The minimum absolute atomic E-state index is 0.0250. The zero-order valence-corrected chi connectivity index (χ0v) is 12.3. The molecule has 3 rings (SSSR count). The van der Waals surface area contributed by atoms with Gasteiger partial charge in [-0.05, 0) is 24.3 Å². The van der Waals surface area contributed by atoms with E-state index in [1.807, 2.05) is 6.07 Å². The van der Waals surface area contributed by atoms with E-state index in [0.717, 1.165) is 17.6 Å². The van der Waals surface area contributed by atoms with E-state index in [9.17, 15) is 18.0 Å². The lowest BCUT2D eigenvalue weighted by atomic mass is 10.1. The number of benzene rings is 2. The molecule has 0 aliphatic carbocycles. The number of para-hydroxylation sites is 1. The van der Waals surface area contributed by atoms with Gasteiger partial charge in [0.1, 0.15) is 0 Å². The molecule has 1 aromatic heterocycles. The van der Waals surface area contributed by atoms with Crippen molar-refractivity contribution in [3.63, 3.8) is 0 Å². The van der Waals surface area contributed by atoms with Gasteiger partial charge < -0.3 is 10.3 Å². The van der Waals surface area contributed by atoms with Gasteiger partial charge in [-0.2, -0.15) is 13.2 Å². The van der Waals surface area contributed by atoms with Crippen molar-refractivity contribution in [1.82, 2.24) is 4.98 Å². The summed E-state index contributed by atoms with van der Waals surface area (Å²) < 4.78 is 38.5. The highest BCUT2D eigenvalue weighted by atomic mass is 35.5. The number of aromatic amines is 1. The Morgan fingerprint density at radius 3 is 2.61 bits per heavy atom. The van der Waals surface area contributed by atoms with Crippen molar-refractivity contribution in [3.8, 4) is 0 Å². The standard InChI is InChI=1S/C16H10ClF3N2O/c17-13-6-5-9(7-12(13)16(18,19)20)22-15(23)11-8-21-14-4-2-1-3-10(11)14/h1-8,21H,(H,22,23). The van der Waals surface area contributed by atoms with E-state index in [4.69, 9.17) is 11.6 Å². The van der Waals surface area contributed by atoms with Gasteiger partial charge in [-0.3, -0.25) is 4.79 Å². The molecule has 0 spiro atoms. The normalized spacial score (nSPS) is 11.7. The summed E-state index contributed by atoms with van der Waals surface area (Å²) in [5.41, 5.74) is 0.154. The van der Waals surface area contributed by atoms with Crippen LogP contribution >= 0.6 is 11.6 Å². The number of rotatable bonds is 2. The van der Waals surface area contributed by atoms with Crippen molar-refractivity contribution >= 4 is 34.1 Å². The fourth-order valence-corrected chi connectivity index (χ4v) is 2.50. The first kappa shape index (κ1) is 15.4. The summed E-state index contributed by atoms with van der Waals surface area (Å²) in [6, 6.07) is 10.4. The van der Waals surface area contributed by atoms with Crippen LogP contribution in [0.1, 0.15) is 15.9 Å². The number of H-pyrrole nitrogens is 1. The van der Waals surface area contributed by atoms with Gasteiger partial charge in [0, 0.05) is 22.8 Å². The fourth-order valence-electron chi connectivity index (χ4n) is 2.28. The largest absolute Gasteiger partial charge is 0.417 e. The molecular formula is C16H10ClF3N2O. The number of carbonyl (C=O) groups excluding carboxylic acids is 1. The number of hydrogen-bond acceptors (Lipinski definition) is 1. The molecule has 3 aromatic rings. The van der Waals surface area contributed by atoms with E-state index < -0.39 is 22.7 Å². The van der Waals surface area contributed by atoms with E-state index in [-0.39, 0.29) is 5.69 Å². The van der Waals surface area contributed by atoms with Gasteiger partial charge in [-0.1, -0.05) is 29.8 Å². The van der Waals surface area contributed by atoms with E-state index >= 15 is 0 Å². The Labute approximate surface area is 134 Å². The Morgan fingerprint density at radius 2 is 1.87 bits per heavy atom. The van der Waals surface area contributed by atoms with Crippen LogP contribution in [-0.4, -0.2) is 10.9 Å². The Hall–Kier alpha value is -2.47. The minimum Gasteiger partial charge on any atom is -0.360 e. The summed E-state index contributed by atoms with van der Waals surface area (Å²) in [6.07, 6.45) is -3.07. The van der Waals surface area contributed by atoms with Crippen LogP contribution in [0.3, 0.4) is 0 Å². The first-order chi connectivity index (χ1) is 10.9. The summed E-state index contributed by atoms with van der Waals surface area (Å²) >= 11 is 5.56. The monoisotopic (exact) mass is 338 g/mol. The molecule has 0 atom stereocenters. The molecule has 0 radical (unpaired) electrons. The zero-order chi connectivity index (χ0) is 16.6. The van der Waals surface area contributed by atoms with Crippen LogP contribution in [0.5, 0.6) is 0 Å². The molecule has 2 N–H and O–H groups in total. The maximum atomic E-state index is 12.8. The third-order valence-corrected chi connectivity index (χ3v) is 3.69. The third-order valence-electron chi connectivity index (χ3n) is 3.36. The molecular weight excluding hydrogens is 329 g/mol. The number of carbonyl (C=O) groups is 1.